The summed E-state index contributed by atoms with van der Waals surface area (Å²) in [6, 6.07) is 4.59. The van der Waals surface area contributed by atoms with Crippen molar-refractivity contribution < 1.29 is 4.92 Å². The third-order valence-electron chi connectivity index (χ3n) is 2.80. The maximum atomic E-state index is 11.2. The van der Waals surface area contributed by atoms with Crippen LogP contribution in [0.25, 0.3) is 0 Å². The SMILES string of the molecule is C=CCNC(=S)N=C1SCCN1c1ccc(Cl)cc1[N+](=O)[O-]. The van der Waals surface area contributed by atoms with Crippen molar-refractivity contribution >= 4 is 57.2 Å². The minimum absolute atomic E-state index is 0.0485. The van der Waals surface area contributed by atoms with Gasteiger partial charge >= 0.3 is 0 Å². The summed E-state index contributed by atoms with van der Waals surface area (Å²) in [6.45, 7) is 4.73. The largest absolute Gasteiger partial charge is 0.357 e. The maximum absolute atomic E-state index is 11.2. The fourth-order valence-electron chi connectivity index (χ4n) is 1.87. The molecule has 116 valence electrons. The summed E-state index contributed by atoms with van der Waals surface area (Å²) >= 11 is 12.5. The smallest absolute Gasteiger partial charge is 0.294 e. The Labute approximate surface area is 142 Å². The van der Waals surface area contributed by atoms with Gasteiger partial charge in [-0.25, -0.2) is 0 Å². The fourth-order valence-corrected chi connectivity index (χ4v) is 3.23. The van der Waals surface area contributed by atoms with Gasteiger partial charge in [0, 0.05) is 29.9 Å². The van der Waals surface area contributed by atoms with E-state index >= 15 is 0 Å². The lowest BCUT2D eigenvalue weighted by molar-refractivity contribution is -0.384. The van der Waals surface area contributed by atoms with Crippen LogP contribution in [0.5, 0.6) is 0 Å². The molecule has 0 amide bonds. The Hall–Kier alpha value is -1.64. The highest BCUT2D eigenvalue weighted by atomic mass is 35.5. The summed E-state index contributed by atoms with van der Waals surface area (Å²) in [4.78, 5) is 16.9. The molecule has 1 saturated heterocycles. The Morgan fingerprint density at radius 2 is 2.45 bits per heavy atom. The number of aliphatic imine (C=N–C) groups is 1. The molecular weight excluding hydrogens is 344 g/mol. The molecule has 1 aliphatic heterocycles. The van der Waals surface area contributed by atoms with E-state index in [1.807, 2.05) is 0 Å². The second kappa shape index (κ2) is 7.57. The Kier molecular flexibility index (Phi) is 5.76. The maximum Gasteiger partial charge on any atom is 0.294 e. The van der Waals surface area contributed by atoms with E-state index in [0.29, 0.717) is 34.1 Å². The number of nitrogens with zero attached hydrogens (tertiary/aromatic N) is 3. The van der Waals surface area contributed by atoms with Gasteiger partial charge in [0.15, 0.2) is 10.3 Å². The first-order chi connectivity index (χ1) is 10.5. The molecule has 0 atom stereocenters. The number of benzene rings is 1. The standard InChI is InChI=1S/C13H13ClN4O2S2/c1-2-5-15-12(21)16-13-17(6-7-22-13)10-4-3-9(14)8-11(10)18(19)20/h2-4,8H,1,5-7H2,(H,15,21). The number of hydrogen-bond donors (Lipinski definition) is 1. The Morgan fingerprint density at radius 1 is 1.68 bits per heavy atom. The molecule has 0 aliphatic carbocycles. The van der Waals surface area contributed by atoms with E-state index in [4.69, 9.17) is 23.8 Å². The number of thiocarbonyl (C=S) groups is 1. The van der Waals surface area contributed by atoms with Gasteiger partial charge in [-0.05, 0) is 24.4 Å². The number of halogens is 1. The van der Waals surface area contributed by atoms with Crippen molar-refractivity contribution in [3.8, 4) is 0 Å². The van der Waals surface area contributed by atoms with E-state index in [0.717, 1.165) is 5.75 Å². The highest BCUT2D eigenvalue weighted by Crippen LogP contribution is 2.35. The molecule has 6 nitrogen and oxygen atoms in total. The van der Waals surface area contributed by atoms with Gasteiger partial charge in [0.1, 0.15) is 5.69 Å². The van der Waals surface area contributed by atoms with Gasteiger partial charge in [-0.2, -0.15) is 4.99 Å². The first kappa shape index (κ1) is 16.7. The average Bonchev–Trinajstić information content (AvgIpc) is 2.92. The van der Waals surface area contributed by atoms with E-state index in [-0.39, 0.29) is 5.69 Å². The van der Waals surface area contributed by atoms with Crippen LogP contribution in [0.4, 0.5) is 11.4 Å². The van der Waals surface area contributed by atoms with Gasteiger partial charge in [0.05, 0.1) is 4.92 Å². The molecule has 1 aliphatic rings. The molecule has 1 fully saturated rings. The van der Waals surface area contributed by atoms with Crippen molar-refractivity contribution in [3.05, 3.63) is 46.0 Å². The summed E-state index contributed by atoms with van der Waals surface area (Å²) in [7, 11) is 0. The Morgan fingerprint density at radius 3 is 3.14 bits per heavy atom. The van der Waals surface area contributed by atoms with Crippen molar-refractivity contribution in [2.45, 2.75) is 0 Å². The van der Waals surface area contributed by atoms with Gasteiger partial charge in [0.25, 0.3) is 5.69 Å². The van der Waals surface area contributed by atoms with Crippen LogP contribution in [-0.2, 0) is 0 Å². The topological polar surface area (TPSA) is 70.8 Å². The zero-order valence-electron chi connectivity index (χ0n) is 11.5. The lowest BCUT2D eigenvalue weighted by Crippen LogP contribution is -2.28. The molecule has 0 aromatic heterocycles. The lowest BCUT2D eigenvalue weighted by Gasteiger charge is -2.18. The molecular formula is C13H13ClN4O2S2. The highest BCUT2D eigenvalue weighted by molar-refractivity contribution is 8.14. The Balaban J connectivity index is 2.31. The van der Waals surface area contributed by atoms with E-state index in [1.165, 1.54) is 17.8 Å². The van der Waals surface area contributed by atoms with Crippen molar-refractivity contribution in [1.29, 1.82) is 0 Å². The summed E-state index contributed by atoms with van der Waals surface area (Å²) < 4.78 is 0. The Bertz CT molecular complexity index is 651. The van der Waals surface area contributed by atoms with Gasteiger partial charge < -0.3 is 10.2 Å². The monoisotopic (exact) mass is 356 g/mol. The summed E-state index contributed by atoms with van der Waals surface area (Å²) in [5.74, 6) is 0.780. The van der Waals surface area contributed by atoms with Crippen LogP contribution in [0.3, 0.4) is 0 Å². The van der Waals surface area contributed by atoms with Crippen LogP contribution in [0.15, 0.2) is 35.8 Å². The first-order valence-electron chi connectivity index (χ1n) is 6.34. The predicted octanol–water partition coefficient (Wildman–Crippen LogP) is 3.22. The third kappa shape index (κ3) is 3.96. The number of thioether (sulfide) groups is 1. The molecule has 9 heteroatoms. The minimum Gasteiger partial charge on any atom is -0.357 e. The van der Waals surface area contributed by atoms with Crippen LogP contribution in [0, 0.1) is 10.1 Å². The van der Waals surface area contributed by atoms with Crippen LogP contribution in [0.2, 0.25) is 5.02 Å². The zero-order valence-corrected chi connectivity index (χ0v) is 13.9. The van der Waals surface area contributed by atoms with E-state index in [2.05, 4.69) is 16.9 Å². The van der Waals surface area contributed by atoms with E-state index < -0.39 is 4.92 Å². The second-order valence-corrected chi connectivity index (χ2v) is 6.14. The molecule has 22 heavy (non-hydrogen) atoms. The third-order valence-corrected chi connectivity index (χ3v) is 4.22. The van der Waals surface area contributed by atoms with Crippen LogP contribution in [-0.4, -0.2) is 34.0 Å². The van der Waals surface area contributed by atoms with Crippen LogP contribution >= 0.6 is 35.6 Å². The van der Waals surface area contributed by atoms with Crippen LogP contribution < -0.4 is 10.2 Å². The summed E-state index contributed by atoms with van der Waals surface area (Å²) in [5.41, 5.74) is 0.414. The van der Waals surface area contributed by atoms with Gasteiger partial charge in [-0.15, -0.1) is 6.58 Å². The van der Waals surface area contributed by atoms with Crippen LogP contribution in [0.1, 0.15) is 0 Å². The highest BCUT2D eigenvalue weighted by Gasteiger charge is 2.28. The predicted molar refractivity (Wildman–Crippen MR) is 96.1 cm³/mol. The van der Waals surface area contributed by atoms with E-state index in [1.54, 1.807) is 23.1 Å². The molecule has 0 bridgehead atoms. The number of anilines is 1. The van der Waals surface area contributed by atoms with Crippen molar-refractivity contribution in [2.75, 3.05) is 23.7 Å². The molecule has 1 aromatic carbocycles. The molecule has 1 heterocycles. The van der Waals surface area contributed by atoms with Crippen molar-refractivity contribution in [3.63, 3.8) is 0 Å². The number of nitrogens with one attached hydrogen (secondary N) is 1. The number of nitro benzene ring substituents is 1. The summed E-state index contributed by atoms with van der Waals surface area (Å²) in [6.07, 6.45) is 1.68. The van der Waals surface area contributed by atoms with Gasteiger partial charge in [-0.3, -0.25) is 10.1 Å². The lowest BCUT2D eigenvalue weighted by atomic mass is 10.2. The molecule has 1 aromatic rings. The van der Waals surface area contributed by atoms with Gasteiger partial charge in [-0.1, -0.05) is 29.4 Å². The molecule has 0 spiro atoms. The van der Waals surface area contributed by atoms with E-state index in [9.17, 15) is 10.1 Å². The molecule has 0 unspecified atom stereocenters. The quantitative estimate of drug-likeness (QED) is 0.386. The minimum atomic E-state index is -0.448. The van der Waals surface area contributed by atoms with Gasteiger partial charge in [0.2, 0.25) is 0 Å². The molecule has 2 rings (SSSR count). The zero-order chi connectivity index (χ0) is 16.1. The fraction of sp³-hybridized carbons (Fsp3) is 0.231. The number of amidine groups is 1. The first-order valence-corrected chi connectivity index (χ1v) is 8.12. The number of rotatable bonds is 4. The van der Waals surface area contributed by atoms with Crippen molar-refractivity contribution in [1.82, 2.24) is 5.32 Å². The number of hydrogen-bond acceptors (Lipinski definition) is 4. The molecule has 1 N–H and O–H groups in total. The van der Waals surface area contributed by atoms with Crippen molar-refractivity contribution in [2.24, 2.45) is 4.99 Å². The molecule has 0 radical (unpaired) electrons. The average molecular weight is 357 g/mol. The number of nitro groups is 1. The summed E-state index contributed by atoms with van der Waals surface area (Å²) in [5, 5.41) is 15.4. The second-order valence-electron chi connectivity index (χ2n) is 4.26. The normalized spacial score (nSPS) is 15.9. The molecule has 0 saturated carbocycles.